The van der Waals surface area contributed by atoms with Crippen molar-refractivity contribution in [1.29, 1.82) is 5.26 Å². The van der Waals surface area contributed by atoms with Crippen LogP contribution in [-0.2, 0) is 10.3 Å². The van der Waals surface area contributed by atoms with Gasteiger partial charge in [-0.05, 0) is 30.3 Å². The number of ether oxygens (including phenoxy) is 1. The van der Waals surface area contributed by atoms with E-state index in [2.05, 4.69) is 15.3 Å². The van der Waals surface area contributed by atoms with E-state index >= 15 is 0 Å². The Kier molecular flexibility index (Phi) is 5.22. The van der Waals surface area contributed by atoms with Gasteiger partial charge in [0.25, 0.3) is 5.91 Å². The smallest absolute Gasteiger partial charge is 0.274 e. The molecule has 148 valence electrons. The molecule has 2 aliphatic heterocycles. The van der Waals surface area contributed by atoms with Crippen LogP contribution in [0.2, 0.25) is 0 Å². The molecule has 0 saturated carbocycles. The lowest BCUT2D eigenvalue weighted by Gasteiger charge is -2.44. The number of aliphatic imine (C=N–C) groups is 1. The number of anilines is 1. The predicted octanol–water partition coefficient (Wildman–Crippen LogP) is 2.64. The summed E-state index contributed by atoms with van der Waals surface area (Å²) in [7, 11) is 0. The average molecular weight is 411 g/mol. The number of nitriles is 1. The summed E-state index contributed by atoms with van der Waals surface area (Å²) < 4.78 is 20.5. The number of fused-ring (bicyclic) bond motifs is 1. The van der Waals surface area contributed by atoms with Gasteiger partial charge in [-0.15, -0.1) is 0 Å². The molecule has 0 radical (unpaired) electrons. The first-order chi connectivity index (χ1) is 14.0. The highest BCUT2D eigenvalue weighted by Gasteiger charge is 2.47. The van der Waals surface area contributed by atoms with Crippen molar-refractivity contribution in [3.63, 3.8) is 0 Å². The largest absolute Gasteiger partial charge is 0.381 e. The van der Waals surface area contributed by atoms with Crippen molar-refractivity contribution >= 4 is 28.5 Å². The number of amidine groups is 1. The van der Waals surface area contributed by atoms with E-state index in [0.29, 0.717) is 47.4 Å². The number of rotatable bonds is 3. The Hall–Kier alpha value is -2.96. The third-order valence-electron chi connectivity index (χ3n) is 5.18. The topological polar surface area (TPSA) is 113 Å². The summed E-state index contributed by atoms with van der Waals surface area (Å²) >= 11 is 1.44. The van der Waals surface area contributed by atoms with Crippen LogP contribution < -0.4 is 11.1 Å². The van der Waals surface area contributed by atoms with Crippen LogP contribution in [0.3, 0.4) is 0 Å². The van der Waals surface area contributed by atoms with Gasteiger partial charge in [0.1, 0.15) is 17.6 Å². The number of aromatic nitrogens is 1. The summed E-state index contributed by atoms with van der Waals surface area (Å²) in [6.45, 7) is 0.943. The summed E-state index contributed by atoms with van der Waals surface area (Å²) in [5.41, 5.74) is 6.54. The van der Waals surface area contributed by atoms with Crippen molar-refractivity contribution in [2.75, 3.05) is 24.3 Å². The Bertz CT molecular complexity index is 1020. The molecule has 0 aliphatic carbocycles. The van der Waals surface area contributed by atoms with Crippen molar-refractivity contribution < 1.29 is 13.9 Å². The molecular weight excluding hydrogens is 393 g/mol. The van der Waals surface area contributed by atoms with Gasteiger partial charge >= 0.3 is 0 Å². The van der Waals surface area contributed by atoms with Crippen molar-refractivity contribution in [2.24, 2.45) is 16.6 Å². The van der Waals surface area contributed by atoms with Crippen LogP contribution in [0.4, 0.5) is 10.1 Å². The van der Waals surface area contributed by atoms with Gasteiger partial charge in [-0.25, -0.2) is 9.37 Å². The molecule has 29 heavy (non-hydrogen) atoms. The number of amides is 1. The van der Waals surface area contributed by atoms with Gasteiger partial charge in [-0.2, -0.15) is 5.26 Å². The number of benzene rings is 1. The zero-order chi connectivity index (χ0) is 20.4. The van der Waals surface area contributed by atoms with E-state index in [1.165, 1.54) is 42.2 Å². The average Bonchev–Trinajstić information content (AvgIpc) is 2.74. The van der Waals surface area contributed by atoms with E-state index in [4.69, 9.17) is 15.7 Å². The highest BCUT2D eigenvalue weighted by molar-refractivity contribution is 8.13. The fraction of sp³-hybridized carbons (Fsp3) is 0.300. The molecule has 1 saturated heterocycles. The number of hydrogen-bond acceptors (Lipinski definition) is 7. The van der Waals surface area contributed by atoms with E-state index in [1.807, 2.05) is 6.07 Å². The lowest BCUT2D eigenvalue weighted by atomic mass is 9.75. The van der Waals surface area contributed by atoms with Crippen LogP contribution >= 0.6 is 11.8 Å². The molecule has 4 rings (SSSR count). The van der Waals surface area contributed by atoms with Gasteiger partial charge in [0.05, 0.1) is 17.7 Å². The predicted molar refractivity (Wildman–Crippen MR) is 108 cm³/mol. The first-order valence-electron chi connectivity index (χ1n) is 9.05. The molecule has 3 heterocycles. The normalized spacial score (nSPS) is 23.4. The molecule has 1 aromatic carbocycles. The molecule has 7 nitrogen and oxygen atoms in total. The summed E-state index contributed by atoms with van der Waals surface area (Å²) in [6, 6.07) is 9.37. The number of pyridine rings is 1. The zero-order valence-electron chi connectivity index (χ0n) is 15.4. The van der Waals surface area contributed by atoms with E-state index in [-0.39, 0.29) is 11.6 Å². The molecule has 2 aromatic rings. The van der Waals surface area contributed by atoms with E-state index in [0.717, 1.165) is 0 Å². The quantitative estimate of drug-likeness (QED) is 0.803. The number of thioether (sulfide) groups is 1. The molecule has 0 unspecified atom stereocenters. The van der Waals surface area contributed by atoms with Gasteiger partial charge in [-0.3, -0.25) is 9.79 Å². The molecule has 0 bridgehead atoms. The maximum Gasteiger partial charge on any atom is 0.274 e. The third kappa shape index (κ3) is 3.69. The van der Waals surface area contributed by atoms with Crippen LogP contribution in [-0.4, -0.2) is 35.0 Å². The number of nitrogens with two attached hydrogens (primary N) is 1. The lowest BCUT2D eigenvalue weighted by molar-refractivity contribution is 0.00886. The molecule has 0 spiro atoms. The second kappa shape index (κ2) is 7.81. The number of hydrogen-bond donors (Lipinski definition) is 2. The minimum atomic E-state index is -0.800. The molecule has 1 amide bonds. The molecule has 2 aliphatic rings. The van der Waals surface area contributed by atoms with Crippen molar-refractivity contribution in [1.82, 2.24) is 4.98 Å². The molecular formula is C20H18FN5O2S. The fourth-order valence-electron chi connectivity index (χ4n) is 3.68. The molecule has 2 atom stereocenters. The Balaban J connectivity index is 1.66. The maximum atomic E-state index is 14.9. The highest BCUT2D eigenvalue weighted by atomic mass is 32.2. The van der Waals surface area contributed by atoms with Crippen LogP contribution in [0, 0.1) is 23.1 Å². The standard InChI is InChI=1S/C20H18FN5O2S/c21-16-3-2-14(25-18(27)17-4-1-12(8-22)9-24-17)7-15(16)20-5-6-28-10-13(20)11-29-19(23)26-20/h1-4,7,9,13H,5-6,10-11H2,(H2,23,26)(H,25,27)/t13-,20-/m0/s1. The monoisotopic (exact) mass is 411 g/mol. The van der Waals surface area contributed by atoms with Crippen LogP contribution in [0.15, 0.2) is 41.5 Å². The molecule has 3 N–H and O–H groups in total. The third-order valence-corrected chi connectivity index (χ3v) is 6.14. The number of nitrogens with one attached hydrogen (secondary N) is 1. The van der Waals surface area contributed by atoms with Crippen molar-refractivity contribution in [2.45, 2.75) is 12.0 Å². The Labute approximate surface area is 171 Å². The first kappa shape index (κ1) is 19.4. The number of halogens is 1. The van der Waals surface area contributed by atoms with Crippen molar-refractivity contribution in [3.8, 4) is 6.07 Å². The Morgan fingerprint density at radius 3 is 3.03 bits per heavy atom. The van der Waals surface area contributed by atoms with E-state index < -0.39 is 17.3 Å². The minimum absolute atomic E-state index is 0.00538. The second-order valence-corrected chi connectivity index (χ2v) is 7.94. The summed E-state index contributed by atoms with van der Waals surface area (Å²) in [5.74, 6) is -0.153. The zero-order valence-corrected chi connectivity index (χ0v) is 16.2. The fourth-order valence-corrected chi connectivity index (χ4v) is 4.65. The van der Waals surface area contributed by atoms with Crippen molar-refractivity contribution in [3.05, 3.63) is 59.2 Å². The van der Waals surface area contributed by atoms with Crippen LogP contribution in [0.1, 0.15) is 28.0 Å². The Morgan fingerprint density at radius 2 is 2.28 bits per heavy atom. The van der Waals surface area contributed by atoms with E-state index in [9.17, 15) is 9.18 Å². The second-order valence-electron chi connectivity index (χ2n) is 6.90. The number of nitrogens with zero attached hydrogens (tertiary/aromatic N) is 3. The van der Waals surface area contributed by atoms with E-state index in [1.54, 1.807) is 6.07 Å². The summed E-state index contributed by atoms with van der Waals surface area (Å²) in [5, 5.41) is 12.0. The highest BCUT2D eigenvalue weighted by Crippen LogP contribution is 2.46. The number of carbonyl (C=O) groups is 1. The molecule has 1 fully saturated rings. The summed E-state index contributed by atoms with van der Waals surface area (Å²) in [6.07, 6.45) is 1.85. The molecule has 1 aromatic heterocycles. The number of carbonyl (C=O) groups excluding carboxylic acids is 1. The minimum Gasteiger partial charge on any atom is -0.381 e. The van der Waals surface area contributed by atoms with Gasteiger partial charge < -0.3 is 15.8 Å². The van der Waals surface area contributed by atoms with Gasteiger partial charge in [0, 0.05) is 42.1 Å². The maximum absolute atomic E-state index is 14.9. The lowest BCUT2D eigenvalue weighted by Crippen LogP contribution is -2.47. The van der Waals surface area contributed by atoms with Gasteiger partial charge in [-0.1, -0.05) is 11.8 Å². The Morgan fingerprint density at radius 1 is 1.41 bits per heavy atom. The first-order valence-corrected chi connectivity index (χ1v) is 10.0. The van der Waals surface area contributed by atoms with Gasteiger partial charge in [0.2, 0.25) is 0 Å². The van der Waals surface area contributed by atoms with Crippen LogP contribution in [0.5, 0.6) is 0 Å². The van der Waals surface area contributed by atoms with Gasteiger partial charge in [0.15, 0.2) is 5.17 Å². The summed E-state index contributed by atoms with van der Waals surface area (Å²) in [4.78, 5) is 21.1. The SMILES string of the molecule is N#Cc1ccc(C(=O)Nc2ccc(F)c([C@]34CCOC[C@H]3CSC(N)=N4)c2)nc1. The molecule has 9 heteroatoms. The van der Waals surface area contributed by atoms with Crippen LogP contribution in [0.25, 0.3) is 0 Å².